The minimum Gasteiger partial charge on any atom is -0.490 e. The first-order valence-corrected chi connectivity index (χ1v) is 9.97. The Hall–Kier alpha value is -3.80. The molecule has 160 valence electrons. The topological polar surface area (TPSA) is 73.9 Å². The van der Waals surface area contributed by atoms with Crippen molar-refractivity contribution in [3.8, 4) is 11.5 Å². The van der Waals surface area contributed by atoms with Crippen molar-refractivity contribution in [2.45, 2.75) is 13.8 Å². The van der Waals surface area contributed by atoms with Gasteiger partial charge in [0.1, 0.15) is 30.3 Å². The van der Waals surface area contributed by atoms with E-state index in [9.17, 15) is 9.59 Å². The molecule has 0 aliphatic carbocycles. The third-order valence-electron chi connectivity index (χ3n) is 4.45. The molecule has 0 aliphatic heterocycles. The van der Waals surface area contributed by atoms with Gasteiger partial charge in [0.25, 0.3) is 5.91 Å². The van der Waals surface area contributed by atoms with E-state index < -0.39 is 18.5 Å². The summed E-state index contributed by atoms with van der Waals surface area (Å²) in [7, 11) is 0. The van der Waals surface area contributed by atoms with Crippen LogP contribution in [0.3, 0.4) is 0 Å². The van der Waals surface area contributed by atoms with Gasteiger partial charge in [-0.15, -0.1) is 0 Å². The molecule has 0 radical (unpaired) electrons. The predicted octanol–water partition coefficient (Wildman–Crippen LogP) is 4.56. The molecular formula is C25H25NO5. The second-order valence-electron chi connectivity index (χ2n) is 6.95. The molecule has 0 heterocycles. The molecule has 3 aromatic carbocycles. The Balaban J connectivity index is 1.50. The van der Waals surface area contributed by atoms with Gasteiger partial charge in [-0.3, -0.25) is 4.79 Å². The zero-order valence-corrected chi connectivity index (χ0v) is 17.6. The Morgan fingerprint density at radius 2 is 1.55 bits per heavy atom. The lowest BCUT2D eigenvalue weighted by molar-refractivity contribution is -0.119. The Morgan fingerprint density at radius 3 is 2.32 bits per heavy atom. The fourth-order valence-corrected chi connectivity index (χ4v) is 2.94. The molecular weight excluding hydrogens is 394 g/mol. The van der Waals surface area contributed by atoms with E-state index in [1.54, 1.807) is 24.3 Å². The van der Waals surface area contributed by atoms with Gasteiger partial charge >= 0.3 is 5.97 Å². The first kappa shape index (κ1) is 21.9. The van der Waals surface area contributed by atoms with Gasteiger partial charge < -0.3 is 19.5 Å². The van der Waals surface area contributed by atoms with Gasteiger partial charge in [-0.25, -0.2) is 4.79 Å². The summed E-state index contributed by atoms with van der Waals surface area (Å²) in [6.45, 7) is 4.08. The molecule has 6 heteroatoms. The number of anilines is 1. The minimum atomic E-state index is -0.629. The molecule has 0 bridgehead atoms. The number of nitrogens with one attached hydrogen (secondary N) is 1. The second kappa shape index (κ2) is 10.8. The lowest BCUT2D eigenvalue weighted by Crippen LogP contribution is -2.21. The van der Waals surface area contributed by atoms with Gasteiger partial charge in [0.05, 0.1) is 0 Å². The van der Waals surface area contributed by atoms with Crippen molar-refractivity contribution in [2.24, 2.45) is 0 Å². The molecule has 0 aliphatic rings. The molecule has 0 unspecified atom stereocenters. The summed E-state index contributed by atoms with van der Waals surface area (Å²) >= 11 is 0. The summed E-state index contributed by atoms with van der Waals surface area (Å²) in [6.07, 6.45) is 0. The fourth-order valence-electron chi connectivity index (χ4n) is 2.94. The van der Waals surface area contributed by atoms with Crippen molar-refractivity contribution >= 4 is 17.6 Å². The second-order valence-corrected chi connectivity index (χ2v) is 6.95. The van der Waals surface area contributed by atoms with Crippen LogP contribution in [0.5, 0.6) is 11.5 Å². The maximum absolute atomic E-state index is 12.5. The highest BCUT2D eigenvalue weighted by Crippen LogP contribution is 2.20. The van der Waals surface area contributed by atoms with Crippen molar-refractivity contribution < 1.29 is 23.8 Å². The lowest BCUT2D eigenvalue weighted by atomic mass is 10.1. The number of hydrogen-bond donors (Lipinski definition) is 1. The molecule has 0 saturated heterocycles. The monoisotopic (exact) mass is 419 g/mol. The van der Waals surface area contributed by atoms with Gasteiger partial charge in [0.2, 0.25) is 0 Å². The number of para-hydroxylation sites is 2. The number of amides is 1. The van der Waals surface area contributed by atoms with Crippen molar-refractivity contribution in [3.05, 3.63) is 89.5 Å². The highest BCUT2D eigenvalue weighted by molar-refractivity contribution is 5.97. The summed E-state index contributed by atoms with van der Waals surface area (Å²) in [6, 6.07) is 21.8. The Bertz CT molecular complexity index is 1030. The lowest BCUT2D eigenvalue weighted by Gasteiger charge is -2.12. The van der Waals surface area contributed by atoms with Crippen LogP contribution in [0.1, 0.15) is 21.5 Å². The van der Waals surface area contributed by atoms with Crippen LogP contribution in [0.25, 0.3) is 0 Å². The van der Waals surface area contributed by atoms with Crippen molar-refractivity contribution in [2.75, 3.05) is 25.1 Å². The molecule has 1 amide bonds. The maximum Gasteiger partial charge on any atom is 0.342 e. The number of ether oxygens (including phenoxy) is 3. The van der Waals surface area contributed by atoms with E-state index in [2.05, 4.69) is 5.32 Å². The van der Waals surface area contributed by atoms with Crippen LogP contribution in [0, 0.1) is 13.8 Å². The number of carbonyl (C=O) groups excluding carboxylic acids is 2. The minimum absolute atomic E-state index is 0.251. The predicted molar refractivity (Wildman–Crippen MR) is 119 cm³/mol. The van der Waals surface area contributed by atoms with Crippen LogP contribution in [-0.4, -0.2) is 31.7 Å². The van der Waals surface area contributed by atoms with Crippen molar-refractivity contribution in [3.63, 3.8) is 0 Å². The van der Waals surface area contributed by atoms with Gasteiger partial charge in [-0.05, 0) is 49.7 Å². The first-order chi connectivity index (χ1) is 15.0. The van der Waals surface area contributed by atoms with E-state index in [4.69, 9.17) is 14.2 Å². The SMILES string of the molecule is Cc1ccc(NC(=O)COC(=O)c2ccccc2OCCOc2ccccc2)c(C)c1. The number of hydrogen-bond acceptors (Lipinski definition) is 5. The van der Waals surface area contributed by atoms with Crippen molar-refractivity contribution in [1.82, 2.24) is 0 Å². The normalized spacial score (nSPS) is 10.3. The first-order valence-electron chi connectivity index (χ1n) is 9.97. The summed E-state index contributed by atoms with van der Waals surface area (Å²) in [5.74, 6) is 0.0814. The standard InChI is InChI=1S/C25H25NO5/c1-18-12-13-22(19(2)16-18)26-24(27)17-31-25(28)21-10-6-7-11-23(21)30-15-14-29-20-8-4-3-5-9-20/h3-13,16H,14-15,17H2,1-2H3,(H,26,27). The molecule has 0 fully saturated rings. The molecule has 0 spiro atoms. The molecule has 6 nitrogen and oxygen atoms in total. The molecule has 1 N–H and O–H groups in total. The smallest absolute Gasteiger partial charge is 0.342 e. The third-order valence-corrected chi connectivity index (χ3v) is 4.45. The van der Waals surface area contributed by atoms with E-state index in [1.807, 2.05) is 62.4 Å². The molecule has 3 aromatic rings. The Morgan fingerprint density at radius 1 is 0.839 bits per heavy atom. The molecule has 0 saturated carbocycles. The summed E-state index contributed by atoms with van der Waals surface area (Å²) < 4.78 is 16.4. The van der Waals surface area contributed by atoms with Crippen LogP contribution in [0.4, 0.5) is 5.69 Å². The molecule has 0 aromatic heterocycles. The quantitative estimate of drug-likeness (QED) is 0.407. The van der Waals surface area contributed by atoms with Crippen LogP contribution < -0.4 is 14.8 Å². The molecule has 3 rings (SSSR count). The largest absolute Gasteiger partial charge is 0.490 e. The van der Waals surface area contributed by atoms with E-state index in [0.29, 0.717) is 18.0 Å². The summed E-state index contributed by atoms with van der Waals surface area (Å²) in [5, 5.41) is 2.75. The van der Waals surface area contributed by atoms with Gasteiger partial charge in [-0.1, -0.05) is 48.0 Å². The number of carbonyl (C=O) groups is 2. The zero-order valence-electron chi connectivity index (χ0n) is 17.6. The average Bonchev–Trinajstić information content (AvgIpc) is 2.78. The maximum atomic E-state index is 12.5. The summed E-state index contributed by atoms with van der Waals surface area (Å²) in [5.41, 5.74) is 2.99. The summed E-state index contributed by atoms with van der Waals surface area (Å²) in [4.78, 5) is 24.7. The van der Waals surface area contributed by atoms with E-state index >= 15 is 0 Å². The van der Waals surface area contributed by atoms with E-state index in [1.165, 1.54) is 0 Å². The van der Waals surface area contributed by atoms with Crippen LogP contribution in [-0.2, 0) is 9.53 Å². The molecule has 31 heavy (non-hydrogen) atoms. The molecule has 0 atom stereocenters. The third kappa shape index (κ3) is 6.60. The van der Waals surface area contributed by atoms with Crippen molar-refractivity contribution in [1.29, 1.82) is 0 Å². The average molecular weight is 419 g/mol. The number of rotatable bonds is 9. The van der Waals surface area contributed by atoms with Gasteiger partial charge in [-0.2, -0.15) is 0 Å². The Kier molecular flexibility index (Phi) is 7.65. The number of aryl methyl sites for hydroxylation is 2. The number of benzene rings is 3. The van der Waals surface area contributed by atoms with E-state index in [-0.39, 0.29) is 12.2 Å². The highest BCUT2D eigenvalue weighted by Gasteiger charge is 2.16. The van der Waals surface area contributed by atoms with Crippen LogP contribution in [0.2, 0.25) is 0 Å². The zero-order chi connectivity index (χ0) is 22.1. The van der Waals surface area contributed by atoms with Gasteiger partial charge in [0.15, 0.2) is 6.61 Å². The number of esters is 1. The fraction of sp³-hybridized carbons (Fsp3) is 0.200. The van der Waals surface area contributed by atoms with Gasteiger partial charge in [0, 0.05) is 5.69 Å². The van der Waals surface area contributed by atoms with E-state index in [0.717, 1.165) is 16.9 Å². The Labute approximate surface area is 181 Å². The highest BCUT2D eigenvalue weighted by atomic mass is 16.5. The van der Waals surface area contributed by atoms with Crippen LogP contribution in [0.15, 0.2) is 72.8 Å². The van der Waals surface area contributed by atoms with Crippen LogP contribution >= 0.6 is 0 Å².